The van der Waals surface area contributed by atoms with Gasteiger partial charge in [0, 0.05) is 25.7 Å². The molecule has 2 aromatic carbocycles. The van der Waals surface area contributed by atoms with Gasteiger partial charge in [0.2, 0.25) is 0 Å². The number of nitrogens with zero attached hydrogens (tertiary/aromatic N) is 4. The number of rotatable bonds is 8. The van der Waals surface area contributed by atoms with Crippen LogP contribution in [0.1, 0.15) is 36.1 Å². The number of hydrogen-bond acceptors (Lipinski definition) is 4. The van der Waals surface area contributed by atoms with E-state index in [2.05, 4.69) is 75.1 Å². The van der Waals surface area contributed by atoms with E-state index >= 15 is 0 Å². The third-order valence-corrected chi connectivity index (χ3v) is 4.52. The van der Waals surface area contributed by atoms with Crippen LogP contribution in [0.2, 0.25) is 0 Å². The molecule has 7 nitrogen and oxygen atoms in total. The molecular formula is C23H31IN6O. The van der Waals surface area contributed by atoms with Gasteiger partial charge in [-0.2, -0.15) is 5.10 Å². The smallest absolute Gasteiger partial charge is 0.191 e. The molecule has 8 heteroatoms. The molecule has 0 aliphatic carbocycles. The van der Waals surface area contributed by atoms with Crippen LogP contribution in [-0.4, -0.2) is 33.9 Å². The fourth-order valence-corrected chi connectivity index (χ4v) is 3.10. The van der Waals surface area contributed by atoms with E-state index in [1.54, 1.807) is 19.7 Å². The van der Waals surface area contributed by atoms with Gasteiger partial charge in [-0.3, -0.25) is 4.99 Å². The first kappa shape index (κ1) is 24.6. The zero-order valence-electron chi connectivity index (χ0n) is 18.5. The molecule has 3 aromatic rings. The van der Waals surface area contributed by atoms with Gasteiger partial charge in [-0.15, -0.1) is 24.0 Å². The van der Waals surface area contributed by atoms with Crippen LogP contribution in [0.5, 0.6) is 5.75 Å². The van der Waals surface area contributed by atoms with E-state index in [9.17, 15) is 0 Å². The molecule has 0 aliphatic rings. The monoisotopic (exact) mass is 534 g/mol. The molecule has 0 amide bonds. The summed E-state index contributed by atoms with van der Waals surface area (Å²) in [6.45, 7) is 8.16. The molecule has 0 bridgehead atoms. The number of halogens is 1. The average molecular weight is 534 g/mol. The van der Waals surface area contributed by atoms with E-state index in [1.165, 1.54) is 16.7 Å². The van der Waals surface area contributed by atoms with Crippen LogP contribution in [0.15, 0.2) is 60.1 Å². The van der Waals surface area contributed by atoms with Crippen molar-refractivity contribution >= 4 is 29.9 Å². The molecule has 0 radical (unpaired) electrons. The fourth-order valence-electron chi connectivity index (χ4n) is 3.10. The van der Waals surface area contributed by atoms with E-state index in [0.29, 0.717) is 19.6 Å². The highest BCUT2D eigenvalue weighted by Gasteiger charge is 2.08. The summed E-state index contributed by atoms with van der Waals surface area (Å²) < 4.78 is 7.78. The van der Waals surface area contributed by atoms with E-state index in [1.807, 2.05) is 18.5 Å². The van der Waals surface area contributed by atoms with Crippen molar-refractivity contribution in [3.8, 4) is 5.75 Å². The summed E-state index contributed by atoms with van der Waals surface area (Å²) in [7, 11) is 1.77. The number of nitrogens with one attached hydrogen (secondary N) is 2. The summed E-state index contributed by atoms with van der Waals surface area (Å²) in [4.78, 5) is 8.33. The molecule has 1 aromatic heterocycles. The molecule has 0 fully saturated rings. The normalized spacial score (nSPS) is 11.2. The third-order valence-electron chi connectivity index (χ3n) is 4.52. The maximum absolute atomic E-state index is 5.97. The third kappa shape index (κ3) is 7.86. The first-order valence-electron chi connectivity index (χ1n) is 10.1. The Labute approximate surface area is 201 Å². The van der Waals surface area contributed by atoms with Crippen molar-refractivity contribution in [3.63, 3.8) is 0 Å². The quantitative estimate of drug-likeness (QED) is 0.261. The van der Waals surface area contributed by atoms with Gasteiger partial charge < -0.3 is 15.4 Å². The van der Waals surface area contributed by atoms with Crippen molar-refractivity contribution in [2.75, 3.05) is 7.05 Å². The summed E-state index contributed by atoms with van der Waals surface area (Å²) in [5, 5.41) is 10.9. The topological polar surface area (TPSA) is 76.4 Å². The first-order valence-corrected chi connectivity index (χ1v) is 10.1. The zero-order chi connectivity index (χ0) is 21.3. The highest BCUT2D eigenvalue weighted by Crippen LogP contribution is 2.21. The number of guanidine groups is 1. The van der Waals surface area contributed by atoms with Crippen LogP contribution < -0.4 is 15.4 Å². The van der Waals surface area contributed by atoms with Crippen molar-refractivity contribution in [1.82, 2.24) is 25.4 Å². The van der Waals surface area contributed by atoms with E-state index in [0.717, 1.165) is 17.3 Å². The first-order chi connectivity index (χ1) is 14.5. The summed E-state index contributed by atoms with van der Waals surface area (Å²) >= 11 is 0. The summed E-state index contributed by atoms with van der Waals surface area (Å²) in [5.74, 6) is 1.65. The van der Waals surface area contributed by atoms with Gasteiger partial charge in [0.1, 0.15) is 18.4 Å². The van der Waals surface area contributed by atoms with Crippen molar-refractivity contribution in [3.05, 3.63) is 77.4 Å². The van der Waals surface area contributed by atoms with E-state index in [-0.39, 0.29) is 30.1 Å². The van der Waals surface area contributed by atoms with Crippen LogP contribution in [0.4, 0.5) is 0 Å². The van der Waals surface area contributed by atoms with E-state index in [4.69, 9.17) is 4.74 Å². The molecule has 1 heterocycles. The Morgan fingerprint density at radius 2 is 1.87 bits per heavy atom. The lowest BCUT2D eigenvalue weighted by atomic mass is 10.1. The molecule has 0 saturated carbocycles. The van der Waals surface area contributed by atoms with Crippen LogP contribution in [0.3, 0.4) is 0 Å². The van der Waals surface area contributed by atoms with Gasteiger partial charge in [-0.1, -0.05) is 36.4 Å². The highest BCUT2D eigenvalue weighted by atomic mass is 127. The second kappa shape index (κ2) is 12.3. The fraction of sp³-hybridized carbons (Fsp3) is 0.348. The Kier molecular flexibility index (Phi) is 9.77. The molecule has 166 valence electrons. The van der Waals surface area contributed by atoms with E-state index < -0.39 is 0 Å². The number of ether oxygens (including phenoxy) is 1. The Balaban J connectivity index is 0.00000341. The van der Waals surface area contributed by atoms with Crippen molar-refractivity contribution in [1.29, 1.82) is 0 Å². The van der Waals surface area contributed by atoms with Gasteiger partial charge in [0.25, 0.3) is 0 Å². The molecule has 0 unspecified atom stereocenters. The SMILES string of the molecule is CN=C(NCc1cccc(Cn2cncn2)c1)NCc1ccc(C)cc1OC(C)C.I. The Morgan fingerprint density at radius 3 is 2.58 bits per heavy atom. The van der Waals surface area contributed by atoms with Gasteiger partial charge in [-0.05, 0) is 43.5 Å². The van der Waals surface area contributed by atoms with Gasteiger partial charge in [-0.25, -0.2) is 9.67 Å². The van der Waals surface area contributed by atoms with Crippen molar-refractivity contribution in [2.45, 2.75) is 46.5 Å². The lowest BCUT2D eigenvalue weighted by molar-refractivity contribution is 0.239. The molecule has 0 spiro atoms. The number of hydrogen-bond donors (Lipinski definition) is 2. The lowest BCUT2D eigenvalue weighted by Crippen LogP contribution is -2.36. The maximum Gasteiger partial charge on any atom is 0.191 e. The molecule has 2 N–H and O–H groups in total. The molecule has 31 heavy (non-hydrogen) atoms. The van der Waals surface area contributed by atoms with Crippen LogP contribution in [0.25, 0.3) is 0 Å². The molecular weight excluding hydrogens is 503 g/mol. The van der Waals surface area contributed by atoms with Crippen LogP contribution >= 0.6 is 24.0 Å². The van der Waals surface area contributed by atoms with Crippen molar-refractivity contribution in [2.24, 2.45) is 4.99 Å². The Morgan fingerprint density at radius 1 is 1.10 bits per heavy atom. The average Bonchev–Trinajstić information content (AvgIpc) is 3.22. The summed E-state index contributed by atoms with van der Waals surface area (Å²) in [6.07, 6.45) is 3.40. The Bertz CT molecular complexity index is 972. The number of aliphatic imine (C=N–C) groups is 1. The predicted octanol–water partition coefficient (Wildman–Crippen LogP) is 3.91. The lowest BCUT2D eigenvalue weighted by Gasteiger charge is -2.17. The molecule has 3 rings (SSSR count). The second-order valence-electron chi connectivity index (χ2n) is 7.47. The van der Waals surface area contributed by atoms with Crippen molar-refractivity contribution < 1.29 is 4.74 Å². The summed E-state index contributed by atoms with van der Waals surface area (Å²) in [6, 6.07) is 14.7. The second-order valence-corrected chi connectivity index (χ2v) is 7.47. The number of aryl methyl sites for hydroxylation is 1. The van der Waals surface area contributed by atoms with Gasteiger partial charge >= 0.3 is 0 Å². The van der Waals surface area contributed by atoms with Gasteiger partial charge in [0.15, 0.2) is 5.96 Å². The minimum Gasteiger partial charge on any atom is -0.491 e. The molecule has 0 saturated heterocycles. The largest absolute Gasteiger partial charge is 0.491 e. The number of benzene rings is 2. The van der Waals surface area contributed by atoms with Crippen LogP contribution in [-0.2, 0) is 19.6 Å². The summed E-state index contributed by atoms with van der Waals surface area (Å²) in [5.41, 5.74) is 4.64. The van der Waals surface area contributed by atoms with Crippen LogP contribution in [0, 0.1) is 6.92 Å². The molecule has 0 atom stereocenters. The number of aromatic nitrogens is 3. The Hall–Kier alpha value is -2.62. The maximum atomic E-state index is 5.97. The predicted molar refractivity (Wildman–Crippen MR) is 135 cm³/mol. The zero-order valence-corrected chi connectivity index (χ0v) is 20.8. The van der Waals surface area contributed by atoms with Gasteiger partial charge in [0.05, 0.1) is 12.6 Å². The minimum atomic E-state index is 0. The molecule has 0 aliphatic heterocycles. The highest BCUT2D eigenvalue weighted by molar-refractivity contribution is 14.0. The minimum absolute atomic E-state index is 0. The standard InChI is InChI=1S/C23H30N6O.HI/c1-17(2)30-22-10-18(3)8-9-21(22)13-27-23(24-4)26-12-19-6-5-7-20(11-19)14-29-16-25-15-28-29;/h5-11,15-17H,12-14H2,1-4H3,(H2,24,26,27);1H.